The van der Waals surface area contributed by atoms with E-state index in [9.17, 15) is 4.79 Å². The molecule has 1 unspecified atom stereocenters. The summed E-state index contributed by atoms with van der Waals surface area (Å²) in [6.07, 6.45) is 0. The number of carbonyl (C=O) groups excluding carboxylic acids is 1. The van der Waals surface area contributed by atoms with Crippen molar-refractivity contribution >= 4 is 5.97 Å². The number of nitrogens with zero attached hydrogens (tertiary/aromatic N) is 1. The topological polar surface area (TPSA) is 41.6 Å². The summed E-state index contributed by atoms with van der Waals surface area (Å²) >= 11 is 0. The highest BCUT2D eigenvalue weighted by Gasteiger charge is 2.30. The zero-order valence-electron chi connectivity index (χ0n) is 9.41. The minimum Gasteiger partial charge on any atom is -0.468 e. The first kappa shape index (κ1) is 11.5. The second-order valence-electron chi connectivity index (χ2n) is 4.05. The summed E-state index contributed by atoms with van der Waals surface area (Å²) in [5.41, 5.74) is 0. The van der Waals surface area contributed by atoms with E-state index in [1.54, 1.807) is 0 Å². The molecular weight excluding hydrogens is 180 g/mol. The SMILES string of the molecule is COC(=O)C(C)N1C[C@H](C)NC[C@H]1C. The zero-order chi connectivity index (χ0) is 10.7. The van der Waals surface area contributed by atoms with Crippen LogP contribution in [-0.2, 0) is 9.53 Å². The van der Waals surface area contributed by atoms with Crippen molar-refractivity contribution in [2.24, 2.45) is 0 Å². The van der Waals surface area contributed by atoms with E-state index < -0.39 is 0 Å². The van der Waals surface area contributed by atoms with Gasteiger partial charge in [0, 0.05) is 25.2 Å². The highest BCUT2D eigenvalue weighted by molar-refractivity contribution is 5.75. The van der Waals surface area contributed by atoms with Crippen molar-refractivity contribution in [3.05, 3.63) is 0 Å². The van der Waals surface area contributed by atoms with Crippen molar-refractivity contribution in [3.8, 4) is 0 Å². The Hall–Kier alpha value is -0.610. The summed E-state index contributed by atoms with van der Waals surface area (Å²) in [5.74, 6) is -0.147. The predicted octanol–water partition coefficient (Wildman–Crippen LogP) is 0.230. The Morgan fingerprint density at radius 1 is 1.57 bits per heavy atom. The maximum Gasteiger partial charge on any atom is 0.322 e. The van der Waals surface area contributed by atoms with Gasteiger partial charge in [-0.2, -0.15) is 0 Å². The number of hydrogen-bond acceptors (Lipinski definition) is 4. The molecule has 1 aliphatic rings. The molecule has 1 heterocycles. The van der Waals surface area contributed by atoms with Gasteiger partial charge in [0.05, 0.1) is 7.11 Å². The van der Waals surface area contributed by atoms with Crippen LogP contribution in [0, 0.1) is 0 Å². The Kier molecular flexibility index (Phi) is 3.89. The molecule has 82 valence electrons. The van der Waals surface area contributed by atoms with Crippen LogP contribution < -0.4 is 5.32 Å². The predicted molar refractivity (Wildman–Crippen MR) is 55.1 cm³/mol. The van der Waals surface area contributed by atoms with Crippen molar-refractivity contribution in [1.29, 1.82) is 0 Å². The Morgan fingerprint density at radius 3 is 2.79 bits per heavy atom. The number of ether oxygens (including phenoxy) is 1. The van der Waals surface area contributed by atoms with Gasteiger partial charge in [-0.15, -0.1) is 0 Å². The lowest BCUT2D eigenvalue weighted by atomic mass is 10.1. The molecule has 0 aliphatic carbocycles. The highest BCUT2D eigenvalue weighted by atomic mass is 16.5. The third kappa shape index (κ3) is 2.45. The quantitative estimate of drug-likeness (QED) is 0.648. The lowest BCUT2D eigenvalue weighted by Gasteiger charge is -2.40. The third-order valence-electron chi connectivity index (χ3n) is 2.85. The summed E-state index contributed by atoms with van der Waals surface area (Å²) in [6.45, 7) is 7.99. The average Bonchev–Trinajstić information content (AvgIpc) is 2.19. The van der Waals surface area contributed by atoms with E-state index in [0.717, 1.165) is 13.1 Å². The largest absolute Gasteiger partial charge is 0.468 e. The number of piperazine rings is 1. The normalized spacial score (nSPS) is 31.1. The highest BCUT2D eigenvalue weighted by Crippen LogP contribution is 2.11. The fourth-order valence-electron chi connectivity index (χ4n) is 1.90. The number of esters is 1. The molecular formula is C10H20N2O2. The van der Waals surface area contributed by atoms with Crippen LogP contribution in [0.4, 0.5) is 0 Å². The zero-order valence-corrected chi connectivity index (χ0v) is 9.41. The number of hydrogen-bond donors (Lipinski definition) is 1. The molecule has 0 saturated carbocycles. The van der Waals surface area contributed by atoms with Crippen molar-refractivity contribution < 1.29 is 9.53 Å². The number of carbonyl (C=O) groups is 1. The molecule has 14 heavy (non-hydrogen) atoms. The second-order valence-corrected chi connectivity index (χ2v) is 4.05. The standard InChI is InChI=1S/C10H20N2O2/c1-7-6-12(8(2)5-11-7)9(3)10(13)14-4/h7-9,11H,5-6H2,1-4H3/t7-,8+,9?/m0/s1. The molecule has 0 aromatic rings. The van der Waals surface area contributed by atoms with E-state index >= 15 is 0 Å². The Morgan fingerprint density at radius 2 is 2.21 bits per heavy atom. The smallest absolute Gasteiger partial charge is 0.322 e. The maximum atomic E-state index is 11.4. The first-order valence-corrected chi connectivity index (χ1v) is 5.13. The van der Waals surface area contributed by atoms with Crippen LogP contribution in [0.3, 0.4) is 0 Å². The molecule has 0 radical (unpaired) electrons. The van der Waals surface area contributed by atoms with E-state index in [1.165, 1.54) is 7.11 Å². The van der Waals surface area contributed by atoms with Crippen molar-refractivity contribution in [2.75, 3.05) is 20.2 Å². The molecule has 0 amide bonds. The second kappa shape index (κ2) is 4.75. The number of nitrogens with one attached hydrogen (secondary N) is 1. The van der Waals surface area contributed by atoms with Gasteiger partial charge in [-0.1, -0.05) is 0 Å². The molecule has 3 atom stereocenters. The number of rotatable bonds is 2. The molecule has 0 bridgehead atoms. The van der Waals surface area contributed by atoms with E-state index in [1.807, 2.05) is 6.92 Å². The Labute approximate surface area is 85.6 Å². The molecule has 1 aliphatic heterocycles. The van der Waals surface area contributed by atoms with Crippen LogP contribution in [0.25, 0.3) is 0 Å². The van der Waals surface area contributed by atoms with Gasteiger partial charge in [0.25, 0.3) is 0 Å². The first-order valence-electron chi connectivity index (χ1n) is 5.13. The van der Waals surface area contributed by atoms with E-state index in [4.69, 9.17) is 4.74 Å². The lowest BCUT2D eigenvalue weighted by molar-refractivity contribution is -0.147. The fraction of sp³-hybridized carbons (Fsp3) is 0.900. The van der Waals surface area contributed by atoms with Crippen LogP contribution >= 0.6 is 0 Å². The molecule has 0 aromatic carbocycles. The van der Waals surface area contributed by atoms with Gasteiger partial charge >= 0.3 is 5.97 Å². The van der Waals surface area contributed by atoms with Gasteiger partial charge in [-0.05, 0) is 20.8 Å². The first-order chi connectivity index (χ1) is 6.56. The maximum absolute atomic E-state index is 11.4. The summed E-state index contributed by atoms with van der Waals surface area (Å²) in [7, 11) is 1.44. The minimum absolute atomic E-state index is 0.139. The molecule has 1 fully saturated rings. The van der Waals surface area contributed by atoms with Gasteiger partial charge in [0.1, 0.15) is 6.04 Å². The third-order valence-corrected chi connectivity index (χ3v) is 2.85. The van der Waals surface area contributed by atoms with Gasteiger partial charge in [0.2, 0.25) is 0 Å². The van der Waals surface area contributed by atoms with Crippen LogP contribution in [0.15, 0.2) is 0 Å². The molecule has 0 aromatic heterocycles. The van der Waals surface area contributed by atoms with Crippen LogP contribution in [-0.4, -0.2) is 49.2 Å². The van der Waals surface area contributed by atoms with Crippen LogP contribution in [0.2, 0.25) is 0 Å². The molecule has 0 spiro atoms. The van der Waals surface area contributed by atoms with Crippen molar-refractivity contribution in [1.82, 2.24) is 10.2 Å². The van der Waals surface area contributed by atoms with Crippen LogP contribution in [0.1, 0.15) is 20.8 Å². The van der Waals surface area contributed by atoms with Crippen LogP contribution in [0.5, 0.6) is 0 Å². The minimum atomic E-state index is -0.147. The molecule has 1 N–H and O–H groups in total. The Bertz CT molecular complexity index is 208. The fourth-order valence-corrected chi connectivity index (χ4v) is 1.90. The van der Waals surface area contributed by atoms with Gasteiger partial charge in [-0.25, -0.2) is 0 Å². The molecule has 1 saturated heterocycles. The van der Waals surface area contributed by atoms with Gasteiger partial charge in [-0.3, -0.25) is 9.69 Å². The average molecular weight is 200 g/mol. The lowest BCUT2D eigenvalue weighted by Crippen LogP contribution is -2.58. The van der Waals surface area contributed by atoms with E-state index in [0.29, 0.717) is 12.1 Å². The molecule has 4 heteroatoms. The number of methoxy groups -OCH3 is 1. The van der Waals surface area contributed by atoms with Gasteiger partial charge in [0.15, 0.2) is 0 Å². The van der Waals surface area contributed by atoms with Crippen molar-refractivity contribution in [2.45, 2.75) is 38.9 Å². The summed E-state index contributed by atoms with van der Waals surface area (Å²) in [4.78, 5) is 13.6. The van der Waals surface area contributed by atoms with E-state index in [-0.39, 0.29) is 12.0 Å². The summed E-state index contributed by atoms with van der Waals surface area (Å²) in [6, 6.07) is 0.693. The summed E-state index contributed by atoms with van der Waals surface area (Å²) in [5, 5.41) is 3.38. The molecule has 4 nitrogen and oxygen atoms in total. The summed E-state index contributed by atoms with van der Waals surface area (Å²) < 4.78 is 4.75. The monoisotopic (exact) mass is 200 g/mol. The Balaban J connectivity index is 2.59. The van der Waals surface area contributed by atoms with E-state index in [2.05, 4.69) is 24.1 Å². The van der Waals surface area contributed by atoms with Gasteiger partial charge < -0.3 is 10.1 Å². The van der Waals surface area contributed by atoms with Crippen molar-refractivity contribution in [3.63, 3.8) is 0 Å². The molecule has 1 rings (SSSR count).